The molecule has 4 rings (SSSR count). The molecule has 0 spiro atoms. The number of rotatable bonds is 13. The van der Waals surface area contributed by atoms with Crippen LogP contribution in [0.3, 0.4) is 0 Å². The van der Waals surface area contributed by atoms with Crippen molar-refractivity contribution >= 4 is 27.5 Å². The van der Waals surface area contributed by atoms with Crippen LogP contribution in [0.1, 0.15) is 23.6 Å². The van der Waals surface area contributed by atoms with Gasteiger partial charge in [-0.1, -0.05) is 60.2 Å². The van der Waals surface area contributed by atoms with Gasteiger partial charge >= 0.3 is 0 Å². The highest BCUT2D eigenvalue weighted by atomic mass is 32.2. The summed E-state index contributed by atoms with van der Waals surface area (Å²) in [6.07, 6.45) is 0.214. The Bertz CT molecular complexity index is 1660. The first kappa shape index (κ1) is 32.2. The van der Waals surface area contributed by atoms with Gasteiger partial charge in [-0.2, -0.15) is 0 Å². The average Bonchev–Trinajstić information content (AvgIpc) is 3.02. The van der Waals surface area contributed by atoms with Crippen molar-refractivity contribution in [3.8, 4) is 5.75 Å². The van der Waals surface area contributed by atoms with E-state index in [1.807, 2.05) is 61.5 Å². The molecule has 0 radical (unpaired) electrons. The maximum absolute atomic E-state index is 14.3. The number of nitrogens with zero attached hydrogens (tertiary/aromatic N) is 2. The summed E-state index contributed by atoms with van der Waals surface area (Å²) in [5.74, 6) is -1.05. The Labute approximate surface area is 258 Å². The number of amides is 2. The lowest BCUT2D eigenvalue weighted by atomic mass is 10.0. The van der Waals surface area contributed by atoms with Gasteiger partial charge in [0.1, 0.15) is 24.2 Å². The molecule has 0 fully saturated rings. The number of ether oxygens (including phenoxy) is 1. The van der Waals surface area contributed by atoms with Crippen molar-refractivity contribution < 1.29 is 27.1 Å². The predicted octanol–water partition coefficient (Wildman–Crippen LogP) is 5.11. The lowest BCUT2D eigenvalue weighted by molar-refractivity contribution is -0.140. The third kappa shape index (κ3) is 8.02. The molecule has 0 aliphatic rings. The minimum Gasteiger partial charge on any atom is -0.497 e. The molecular formula is C34H36FN3O5S. The third-order valence-corrected chi connectivity index (χ3v) is 8.89. The lowest BCUT2D eigenvalue weighted by Crippen LogP contribution is -2.53. The van der Waals surface area contributed by atoms with E-state index in [-0.39, 0.29) is 29.5 Å². The fourth-order valence-electron chi connectivity index (χ4n) is 4.86. The van der Waals surface area contributed by atoms with Crippen molar-refractivity contribution in [2.24, 2.45) is 0 Å². The van der Waals surface area contributed by atoms with Crippen molar-refractivity contribution in [3.63, 3.8) is 0 Å². The van der Waals surface area contributed by atoms with Gasteiger partial charge < -0.3 is 15.0 Å². The number of hydrogen-bond acceptors (Lipinski definition) is 5. The Balaban J connectivity index is 1.79. The van der Waals surface area contributed by atoms with E-state index >= 15 is 0 Å². The molecule has 4 aromatic carbocycles. The quantitative estimate of drug-likeness (QED) is 0.225. The number of carbonyl (C=O) groups is 2. The van der Waals surface area contributed by atoms with E-state index in [1.54, 1.807) is 6.92 Å². The molecule has 4 aromatic rings. The monoisotopic (exact) mass is 617 g/mol. The van der Waals surface area contributed by atoms with E-state index in [1.165, 1.54) is 48.4 Å². The summed E-state index contributed by atoms with van der Waals surface area (Å²) < 4.78 is 48.0. The number of methoxy groups -OCH3 is 1. The molecule has 44 heavy (non-hydrogen) atoms. The van der Waals surface area contributed by atoms with Crippen LogP contribution in [0.2, 0.25) is 0 Å². The highest BCUT2D eigenvalue weighted by Gasteiger charge is 2.34. The molecule has 2 amide bonds. The van der Waals surface area contributed by atoms with Crippen LogP contribution in [0.25, 0.3) is 0 Å². The highest BCUT2D eigenvalue weighted by molar-refractivity contribution is 7.92. The van der Waals surface area contributed by atoms with E-state index < -0.39 is 34.3 Å². The van der Waals surface area contributed by atoms with Crippen LogP contribution >= 0.6 is 0 Å². The maximum atomic E-state index is 14.3. The molecule has 0 unspecified atom stereocenters. The summed E-state index contributed by atoms with van der Waals surface area (Å²) in [5, 5.41) is 2.84. The second-order valence-corrected chi connectivity index (χ2v) is 12.1. The van der Waals surface area contributed by atoms with E-state index in [0.29, 0.717) is 12.3 Å². The summed E-state index contributed by atoms with van der Waals surface area (Å²) >= 11 is 0. The van der Waals surface area contributed by atoms with Crippen LogP contribution in [0.15, 0.2) is 108 Å². The largest absolute Gasteiger partial charge is 0.497 e. The second kappa shape index (κ2) is 14.7. The van der Waals surface area contributed by atoms with Crippen LogP contribution in [0.4, 0.5) is 10.1 Å². The molecule has 0 aromatic heterocycles. The number of anilines is 1. The number of nitrogens with one attached hydrogen (secondary N) is 1. The van der Waals surface area contributed by atoms with Gasteiger partial charge in [-0.3, -0.25) is 13.9 Å². The standard InChI is InChI=1S/C34H36FN3O5S/c1-4-36-34(40)32(22-26-10-6-5-7-11-26)37(23-27-12-8-9-25(2)21-27)33(39)24-38(29-15-13-28(35)14-16-29)44(41,42)31-19-17-30(43-3)18-20-31/h5-21,32H,4,22-24H2,1-3H3,(H,36,40)/t32-/m0/s1. The van der Waals surface area contributed by atoms with Crippen molar-refractivity contribution in [1.82, 2.24) is 10.2 Å². The Morgan fingerprint density at radius 3 is 2.16 bits per heavy atom. The fraction of sp³-hybridized carbons (Fsp3) is 0.235. The molecular weight excluding hydrogens is 581 g/mol. The molecule has 0 saturated carbocycles. The van der Waals surface area contributed by atoms with Gasteiger partial charge in [0.2, 0.25) is 11.8 Å². The molecule has 0 heterocycles. The number of benzene rings is 4. The Morgan fingerprint density at radius 2 is 1.55 bits per heavy atom. The van der Waals surface area contributed by atoms with Crippen LogP contribution < -0.4 is 14.4 Å². The first-order valence-electron chi connectivity index (χ1n) is 14.2. The molecule has 8 nitrogen and oxygen atoms in total. The minimum absolute atomic E-state index is 0.0645. The molecule has 1 N–H and O–H groups in total. The molecule has 0 aliphatic heterocycles. The number of sulfonamides is 1. The molecule has 1 atom stereocenters. The van der Waals surface area contributed by atoms with E-state index in [2.05, 4.69) is 5.32 Å². The summed E-state index contributed by atoms with van der Waals surface area (Å²) in [7, 11) is -2.84. The summed E-state index contributed by atoms with van der Waals surface area (Å²) in [4.78, 5) is 29.2. The van der Waals surface area contributed by atoms with Crippen LogP contribution in [0.5, 0.6) is 5.75 Å². The normalized spacial score (nSPS) is 11.8. The van der Waals surface area contributed by atoms with E-state index in [0.717, 1.165) is 33.1 Å². The Hall–Kier alpha value is -4.70. The average molecular weight is 618 g/mol. The number of aryl methyl sites for hydroxylation is 1. The number of likely N-dealkylation sites (N-methyl/N-ethyl adjacent to an activating group) is 1. The van der Waals surface area contributed by atoms with Crippen molar-refractivity contribution in [3.05, 3.63) is 126 Å². The van der Waals surface area contributed by atoms with Gasteiger partial charge in [0.05, 0.1) is 17.7 Å². The first-order valence-corrected chi connectivity index (χ1v) is 15.7. The fourth-order valence-corrected chi connectivity index (χ4v) is 6.28. The topological polar surface area (TPSA) is 96.0 Å². The summed E-state index contributed by atoms with van der Waals surface area (Å²) in [5.41, 5.74) is 2.70. The molecule has 0 bridgehead atoms. The number of hydrogen-bond donors (Lipinski definition) is 1. The summed E-state index contributed by atoms with van der Waals surface area (Å²) in [6.45, 7) is 3.51. The van der Waals surface area contributed by atoms with Gasteiger partial charge in [-0.15, -0.1) is 0 Å². The predicted molar refractivity (Wildman–Crippen MR) is 168 cm³/mol. The highest BCUT2D eigenvalue weighted by Crippen LogP contribution is 2.26. The van der Waals surface area contributed by atoms with Crippen LogP contribution in [-0.4, -0.2) is 51.4 Å². The minimum atomic E-state index is -4.31. The van der Waals surface area contributed by atoms with Crippen molar-refractivity contribution in [1.29, 1.82) is 0 Å². The Kier molecular flexibility index (Phi) is 10.7. The zero-order valence-corrected chi connectivity index (χ0v) is 25.8. The van der Waals surface area contributed by atoms with Gasteiger partial charge in [0.25, 0.3) is 10.0 Å². The van der Waals surface area contributed by atoms with Crippen molar-refractivity contribution in [2.45, 2.75) is 37.8 Å². The van der Waals surface area contributed by atoms with Gasteiger partial charge in [0.15, 0.2) is 0 Å². The summed E-state index contributed by atoms with van der Waals surface area (Å²) in [6, 6.07) is 26.6. The number of carbonyl (C=O) groups excluding carboxylic acids is 2. The maximum Gasteiger partial charge on any atom is 0.264 e. The third-order valence-electron chi connectivity index (χ3n) is 7.10. The zero-order chi connectivity index (χ0) is 31.7. The molecule has 0 aliphatic carbocycles. The molecule has 230 valence electrons. The van der Waals surface area contributed by atoms with E-state index in [9.17, 15) is 22.4 Å². The van der Waals surface area contributed by atoms with E-state index in [4.69, 9.17) is 4.74 Å². The van der Waals surface area contributed by atoms with Gasteiger partial charge in [0, 0.05) is 19.5 Å². The molecule has 10 heteroatoms. The second-order valence-electron chi connectivity index (χ2n) is 10.3. The SMILES string of the molecule is CCNC(=O)[C@H](Cc1ccccc1)N(Cc1cccc(C)c1)C(=O)CN(c1ccc(F)cc1)S(=O)(=O)c1ccc(OC)cc1. The van der Waals surface area contributed by atoms with Gasteiger partial charge in [-0.25, -0.2) is 12.8 Å². The smallest absolute Gasteiger partial charge is 0.264 e. The number of halogens is 1. The van der Waals surface area contributed by atoms with Crippen LogP contribution in [0, 0.1) is 12.7 Å². The van der Waals surface area contributed by atoms with Gasteiger partial charge in [-0.05, 0) is 73.5 Å². The van der Waals surface area contributed by atoms with Crippen LogP contribution in [-0.2, 0) is 32.6 Å². The first-order chi connectivity index (χ1) is 21.1. The molecule has 0 saturated heterocycles. The zero-order valence-electron chi connectivity index (χ0n) is 24.9. The lowest BCUT2D eigenvalue weighted by Gasteiger charge is -2.34. The Morgan fingerprint density at radius 1 is 0.886 bits per heavy atom. The van der Waals surface area contributed by atoms with Crippen molar-refractivity contribution in [2.75, 3.05) is 24.5 Å².